The minimum absolute atomic E-state index is 0.531. The van der Waals surface area contributed by atoms with E-state index in [1.165, 1.54) is 0 Å². The van der Waals surface area contributed by atoms with E-state index in [2.05, 4.69) is 9.97 Å². The second-order valence-corrected chi connectivity index (χ2v) is 2.37. The zero-order valence-corrected chi connectivity index (χ0v) is 6.47. The van der Waals surface area contributed by atoms with E-state index in [0.717, 1.165) is 17.1 Å². The van der Waals surface area contributed by atoms with Gasteiger partial charge in [-0.25, -0.2) is 4.98 Å². The van der Waals surface area contributed by atoms with Crippen LogP contribution in [0.2, 0.25) is 0 Å². The van der Waals surface area contributed by atoms with Crippen LogP contribution in [0.4, 0.5) is 5.82 Å². The number of nitrogen functional groups attached to an aromatic ring is 1. The van der Waals surface area contributed by atoms with Crippen molar-refractivity contribution in [3.8, 4) is 0 Å². The van der Waals surface area contributed by atoms with Crippen molar-refractivity contribution in [1.29, 1.82) is 0 Å². The molecule has 0 amide bonds. The molecule has 2 N–H and O–H groups in total. The Morgan fingerprint density at radius 1 is 0.900 bits per heavy atom. The van der Waals surface area contributed by atoms with E-state index in [0.29, 0.717) is 5.82 Å². The molecule has 0 aliphatic rings. The minimum Gasteiger partial charge on any atom is -0.382 e. The van der Waals surface area contributed by atoms with E-state index in [1.807, 2.05) is 20.8 Å². The lowest BCUT2D eigenvalue weighted by atomic mass is 10.3. The van der Waals surface area contributed by atoms with Crippen LogP contribution in [0.25, 0.3) is 0 Å². The molecule has 0 unspecified atom stereocenters. The Balaban J connectivity index is 3.28. The Bertz CT molecular complexity index is 205. The Kier molecular flexibility index (Phi) is 1.57. The fourth-order valence-electron chi connectivity index (χ4n) is 0.732. The molecule has 0 aromatic carbocycles. The highest BCUT2D eigenvalue weighted by Gasteiger charge is 1.99. The highest BCUT2D eigenvalue weighted by Crippen LogP contribution is 2.06. The van der Waals surface area contributed by atoms with Gasteiger partial charge in [-0.2, -0.15) is 0 Å². The van der Waals surface area contributed by atoms with Crippen LogP contribution in [0.1, 0.15) is 17.1 Å². The molecule has 0 aliphatic heterocycles. The molecule has 3 nitrogen and oxygen atoms in total. The highest BCUT2D eigenvalue weighted by molar-refractivity contribution is 5.35. The average Bonchev–Trinajstić information content (AvgIpc) is 1.84. The number of hydrogen-bond donors (Lipinski definition) is 1. The zero-order valence-electron chi connectivity index (χ0n) is 6.47. The van der Waals surface area contributed by atoms with Gasteiger partial charge >= 0.3 is 0 Å². The Morgan fingerprint density at radius 3 is 1.90 bits per heavy atom. The summed E-state index contributed by atoms with van der Waals surface area (Å²) in [6.07, 6.45) is 0. The molecule has 1 aromatic rings. The summed E-state index contributed by atoms with van der Waals surface area (Å²) in [6.45, 7) is 5.68. The van der Waals surface area contributed by atoms with Gasteiger partial charge in [0, 0.05) is 0 Å². The number of nitrogens with zero attached hydrogens (tertiary/aromatic N) is 2. The van der Waals surface area contributed by atoms with Crippen LogP contribution in [-0.4, -0.2) is 9.97 Å². The number of hydrogen-bond acceptors (Lipinski definition) is 3. The lowest BCUT2D eigenvalue weighted by Crippen LogP contribution is -2.01. The summed E-state index contributed by atoms with van der Waals surface area (Å²) in [6, 6.07) is 0. The van der Waals surface area contributed by atoms with Crippen molar-refractivity contribution >= 4 is 5.82 Å². The summed E-state index contributed by atoms with van der Waals surface area (Å²) in [5, 5.41) is 0. The fourth-order valence-corrected chi connectivity index (χ4v) is 0.732. The van der Waals surface area contributed by atoms with Crippen LogP contribution >= 0.6 is 0 Å². The standard InChI is InChI=1S/C7H11N3/c1-4-5(2)10-7(8)6(3)9-4/h1-3H3,(H2,8,10). The van der Waals surface area contributed by atoms with Gasteiger partial charge in [-0.1, -0.05) is 0 Å². The van der Waals surface area contributed by atoms with Gasteiger partial charge in [0.25, 0.3) is 0 Å². The Hall–Kier alpha value is -1.12. The van der Waals surface area contributed by atoms with Gasteiger partial charge in [-0.3, -0.25) is 4.98 Å². The normalized spacial score (nSPS) is 9.90. The van der Waals surface area contributed by atoms with Gasteiger partial charge in [0.05, 0.1) is 17.1 Å². The molecule has 0 fully saturated rings. The second kappa shape index (κ2) is 2.25. The number of rotatable bonds is 0. The van der Waals surface area contributed by atoms with Gasteiger partial charge in [0.2, 0.25) is 0 Å². The van der Waals surface area contributed by atoms with Crippen LogP contribution in [0, 0.1) is 20.8 Å². The average molecular weight is 137 g/mol. The van der Waals surface area contributed by atoms with Crippen molar-refractivity contribution in [1.82, 2.24) is 9.97 Å². The van der Waals surface area contributed by atoms with Gasteiger partial charge < -0.3 is 5.73 Å². The summed E-state index contributed by atoms with van der Waals surface area (Å²) in [5.41, 5.74) is 8.18. The van der Waals surface area contributed by atoms with Crippen molar-refractivity contribution in [2.75, 3.05) is 5.73 Å². The molecule has 0 radical (unpaired) electrons. The summed E-state index contributed by atoms with van der Waals surface area (Å²) in [4.78, 5) is 8.27. The largest absolute Gasteiger partial charge is 0.382 e. The van der Waals surface area contributed by atoms with Gasteiger partial charge in [0.15, 0.2) is 0 Å². The fraction of sp³-hybridized carbons (Fsp3) is 0.429. The first-order chi connectivity index (χ1) is 4.61. The predicted octanol–water partition coefficient (Wildman–Crippen LogP) is 0.984. The molecule has 0 aliphatic carbocycles. The summed E-state index contributed by atoms with van der Waals surface area (Å²) < 4.78 is 0. The lowest BCUT2D eigenvalue weighted by Gasteiger charge is -2.01. The predicted molar refractivity (Wildman–Crippen MR) is 40.7 cm³/mol. The van der Waals surface area contributed by atoms with Crippen molar-refractivity contribution in [3.05, 3.63) is 17.1 Å². The molecule has 1 rings (SSSR count). The highest BCUT2D eigenvalue weighted by atomic mass is 14.9. The third kappa shape index (κ3) is 1.07. The van der Waals surface area contributed by atoms with Crippen LogP contribution in [0.5, 0.6) is 0 Å². The zero-order chi connectivity index (χ0) is 7.72. The maximum atomic E-state index is 5.52. The summed E-state index contributed by atoms with van der Waals surface area (Å²) in [7, 11) is 0. The molecular weight excluding hydrogens is 126 g/mol. The van der Waals surface area contributed by atoms with Crippen molar-refractivity contribution in [2.24, 2.45) is 0 Å². The van der Waals surface area contributed by atoms with E-state index >= 15 is 0 Å². The first-order valence-corrected chi connectivity index (χ1v) is 3.18. The molecule has 1 heterocycles. The molecule has 1 aromatic heterocycles. The maximum absolute atomic E-state index is 5.52. The van der Waals surface area contributed by atoms with Gasteiger partial charge in [0.1, 0.15) is 5.82 Å². The van der Waals surface area contributed by atoms with Crippen LogP contribution < -0.4 is 5.73 Å². The van der Waals surface area contributed by atoms with E-state index in [1.54, 1.807) is 0 Å². The Labute approximate surface area is 60.3 Å². The maximum Gasteiger partial charge on any atom is 0.145 e. The minimum atomic E-state index is 0.531. The number of aryl methyl sites for hydroxylation is 3. The van der Waals surface area contributed by atoms with E-state index in [9.17, 15) is 0 Å². The lowest BCUT2D eigenvalue weighted by molar-refractivity contribution is 1.01. The molecule has 0 saturated heterocycles. The smallest absolute Gasteiger partial charge is 0.145 e. The third-order valence-corrected chi connectivity index (χ3v) is 1.52. The monoisotopic (exact) mass is 137 g/mol. The quantitative estimate of drug-likeness (QED) is 0.580. The molecule has 0 bridgehead atoms. The first kappa shape index (κ1) is 6.99. The summed E-state index contributed by atoms with van der Waals surface area (Å²) in [5.74, 6) is 0.531. The number of aromatic nitrogens is 2. The van der Waals surface area contributed by atoms with Gasteiger partial charge in [-0.05, 0) is 20.8 Å². The number of anilines is 1. The molecule has 0 saturated carbocycles. The van der Waals surface area contributed by atoms with E-state index < -0.39 is 0 Å². The first-order valence-electron chi connectivity index (χ1n) is 3.18. The topological polar surface area (TPSA) is 51.8 Å². The van der Waals surface area contributed by atoms with E-state index in [-0.39, 0.29) is 0 Å². The van der Waals surface area contributed by atoms with Crippen LogP contribution in [0.15, 0.2) is 0 Å². The molecule has 54 valence electrons. The van der Waals surface area contributed by atoms with Crippen LogP contribution in [0.3, 0.4) is 0 Å². The SMILES string of the molecule is Cc1nc(C)c(N)nc1C. The van der Waals surface area contributed by atoms with Gasteiger partial charge in [-0.15, -0.1) is 0 Å². The molecule has 3 heteroatoms. The molecular formula is C7H11N3. The Morgan fingerprint density at radius 2 is 1.40 bits per heavy atom. The molecule has 0 atom stereocenters. The van der Waals surface area contributed by atoms with Crippen molar-refractivity contribution in [2.45, 2.75) is 20.8 Å². The molecule has 0 spiro atoms. The summed E-state index contributed by atoms with van der Waals surface area (Å²) >= 11 is 0. The van der Waals surface area contributed by atoms with Crippen molar-refractivity contribution in [3.63, 3.8) is 0 Å². The third-order valence-electron chi connectivity index (χ3n) is 1.52. The van der Waals surface area contributed by atoms with Crippen LogP contribution in [-0.2, 0) is 0 Å². The van der Waals surface area contributed by atoms with E-state index in [4.69, 9.17) is 5.73 Å². The number of nitrogens with two attached hydrogens (primary N) is 1. The van der Waals surface area contributed by atoms with Crippen molar-refractivity contribution < 1.29 is 0 Å². The second-order valence-electron chi connectivity index (χ2n) is 2.37. The molecule has 10 heavy (non-hydrogen) atoms.